The van der Waals surface area contributed by atoms with E-state index in [-0.39, 0.29) is 24.6 Å². The van der Waals surface area contributed by atoms with E-state index in [1.54, 1.807) is 24.3 Å². The lowest BCUT2D eigenvalue weighted by Crippen LogP contribution is -2.28. The number of benzene rings is 1. The molecule has 2 aromatic heterocycles. The highest BCUT2D eigenvalue weighted by Gasteiger charge is 2.39. The maximum atomic E-state index is 12.9. The molecule has 1 aromatic carbocycles. The molecule has 1 amide bonds. The number of aromatic nitrogens is 4. The first-order valence-electron chi connectivity index (χ1n) is 7.74. The molecule has 3 rings (SSSR count). The number of nitrogens with one attached hydrogen (secondary N) is 2. The highest BCUT2D eigenvalue weighted by Crippen LogP contribution is 2.31. The van der Waals surface area contributed by atoms with Crippen molar-refractivity contribution in [2.24, 2.45) is 0 Å². The third-order valence-corrected chi connectivity index (χ3v) is 3.89. The summed E-state index contributed by atoms with van der Waals surface area (Å²) >= 11 is 5.81. The van der Waals surface area contributed by atoms with Crippen LogP contribution >= 0.6 is 11.6 Å². The number of amides is 1. The second-order valence-electron chi connectivity index (χ2n) is 5.59. The normalized spacial score (nSPS) is 11.6. The zero-order valence-electron chi connectivity index (χ0n) is 13.9. The van der Waals surface area contributed by atoms with Gasteiger partial charge in [0.1, 0.15) is 0 Å². The molecule has 0 aliphatic rings. The Morgan fingerprint density at radius 2 is 2.00 bits per heavy atom. The highest BCUT2D eigenvalue weighted by atomic mass is 35.5. The number of aromatic amines is 1. The number of hydrogen-bond donors (Lipinski definition) is 2. The van der Waals surface area contributed by atoms with Crippen molar-refractivity contribution in [1.82, 2.24) is 25.7 Å². The van der Waals surface area contributed by atoms with Crippen LogP contribution in [-0.4, -0.2) is 32.8 Å². The molecule has 0 spiro atoms. The number of nitrogens with zero attached hydrogens (tertiary/aromatic N) is 3. The van der Waals surface area contributed by atoms with Gasteiger partial charge in [0.05, 0.1) is 5.56 Å². The van der Waals surface area contributed by atoms with Gasteiger partial charge in [-0.15, -0.1) is 0 Å². The van der Waals surface area contributed by atoms with E-state index in [0.717, 1.165) is 0 Å². The average molecular weight is 400 g/mol. The monoisotopic (exact) mass is 399 g/mol. The fourth-order valence-electron chi connectivity index (χ4n) is 2.36. The van der Waals surface area contributed by atoms with E-state index in [0.29, 0.717) is 16.4 Å². The summed E-state index contributed by atoms with van der Waals surface area (Å²) < 4.78 is 43.8. The van der Waals surface area contributed by atoms with Gasteiger partial charge in [0.15, 0.2) is 5.69 Å². The van der Waals surface area contributed by atoms with Gasteiger partial charge in [-0.25, -0.2) is 0 Å². The van der Waals surface area contributed by atoms with E-state index in [4.69, 9.17) is 16.1 Å². The van der Waals surface area contributed by atoms with Crippen molar-refractivity contribution in [3.8, 4) is 11.4 Å². The van der Waals surface area contributed by atoms with Gasteiger partial charge in [-0.1, -0.05) is 16.8 Å². The summed E-state index contributed by atoms with van der Waals surface area (Å²) in [5.41, 5.74) is -1.06. The van der Waals surface area contributed by atoms with E-state index in [1.165, 1.54) is 6.92 Å². The number of aryl methyl sites for hydroxylation is 1. The molecule has 27 heavy (non-hydrogen) atoms. The Morgan fingerprint density at radius 1 is 1.30 bits per heavy atom. The zero-order chi connectivity index (χ0) is 19.6. The number of carbonyl (C=O) groups is 1. The SMILES string of the molecule is Cc1[nH]nc(C(F)(F)F)c1C(=O)NCCc1nc(-c2ccc(Cl)cc2)no1. The van der Waals surface area contributed by atoms with Crippen LogP contribution in [0.25, 0.3) is 11.4 Å². The fourth-order valence-corrected chi connectivity index (χ4v) is 2.48. The molecular weight excluding hydrogens is 387 g/mol. The van der Waals surface area contributed by atoms with Crippen LogP contribution in [0.1, 0.15) is 27.6 Å². The summed E-state index contributed by atoms with van der Waals surface area (Å²) in [6, 6.07) is 6.80. The molecule has 2 heterocycles. The van der Waals surface area contributed by atoms with Gasteiger partial charge in [-0.3, -0.25) is 9.89 Å². The summed E-state index contributed by atoms with van der Waals surface area (Å²) in [5, 5.41) is 12.1. The lowest BCUT2D eigenvalue weighted by Gasteiger charge is -2.07. The smallest absolute Gasteiger partial charge is 0.351 e. The molecule has 0 fully saturated rings. The van der Waals surface area contributed by atoms with E-state index in [9.17, 15) is 18.0 Å². The second-order valence-corrected chi connectivity index (χ2v) is 6.03. The minimum absolute atomic E-state index is 0.0169. The van der Waals surface area contributed by atoms with Crippen molar-refractivity contribution in [2.45, 2.75) is 19.5 Å². The van der Waals surface area contributed by atoms with Crippen molar-refractivity contribution in [2.75, 3.05) is 6.54 Å². The summed E-state index contributed by atoms with van der Waals surface area (Å²) in [6.07, 6.45) is -4.57. The van der Waals surface area contributed by atoms with Gasteiger partial charge >= 0.3 is 6.18 Å². The number of alkyl halides is 3. The van der Waals surface area contributed by atoms with Crippen molar-refractivity contribution in [3.05, 3.63) is 52.1 Å². The first-order chi connectivity index (χ1) is 12.8. The predicted octanol–water partition coefficient (Wildman–Crippen LogP) is 3.41. The molecule has 0 unspecified atom stereocenters. The maximum absolute atomic E-state index is 12.9. The van der Waals surface area contributed by atoms with Crippen molar-refractivity contribution in [3.63, 3.8) is 0 Å². The molecule has 0 radical (unpaired) electrons. The van der Waals surface area contributed by atoms with Crippen LogP contribution < -0.4 is 5.32 Å². The molecule has 0 aliphatic carbocycles. The minimum atomic E-state index is -4.72. The first-order valence-corrected chi connectivity index (χ1v) is 8.12. The summed E-state index contributed by atoms with van der Waals surface area (Å²) in [7, 11) is 0. The number of rotatable bonds is 5. The largest absolute Gasteiger partial charge is 0.435 e. The molecular formula is C16H13ClF3N5O2. The highest BCUT2D eigenvalue weighted by molar-refractivity contribution is 6.30. The summed E-state index contributed by atoms with van der Waals surface area (Å²) in [5.74, 6) is -0.302. The lowest BCUT2D eigenvalue weighted by molar-refractivity contribution is -0.141. The maximum Gasteiger partial charge on any atom is 0.435 e. The van der Waals surface area contributed by atoms with Crippen LogP contribution in [0.3, 0.4) is 0 Å². The van der Waals surface area contributed by atoms with Gasteiger partial charge in [-0.2, -0.15) is 23.3 Å². The van der Waals surface area contributed by atoms with Crippen LogP contribution in [0, 0.1) is 6.92 Å². The first kappa shape index (κ1) is 18.9. The third kappa shape index (κ3) is 4.27. The zero-order valence-corrected chi connectivity index (χ0v) is 14.6. The molecule has 0 aliphatic heterocycles. The predicted molar refractivity (Wildman–Crippen MR) is 89.1 cm³/mol. The topological polar surface area (TPSA) is 96.7 Å². The molecule has 142 valence electrons. The van der Waals surface area contributed by atoms with Gasteiger partial charge in [-0.05, 0) is 31.2 Å². The van der Waals surface area contributed by atoms with Crippen LogP contribution in [-0.2, 0) is 12.6 Å². The number of halogens is 4. The third-order valence-electron chi connectivity index (χ3n) is 3.64. The Morgan fingerprint density at radius 3 is 2.67 bits per heavy atom. The molecule has 3 aromatic rings. The van der Waals surface area contributed by atoms with E-state index < -0.39 is 23.3 Å². The second kappa shape index (κ2) is 7.39. The Kier molecular flexibility index (Phi) is 5.17. The number of H-pyrrole nitrogens is 1. The molecule has 0 bridgehead atoms. The minimum Gasteiger partial charge on any atom is -0.351 e. The Hall–Kier alpha value is -2.88. The molecule has 0 atom stereocenters. The molecule has 7 nitrogen and oxygen atoms in total. The average Bonchev–Trinajstić information content (AvgIpc) is 3.22. The van der Waals surface area contributed by atoms with E-state index in [2.05, 4.69) is 25.7 Å². The van der Waals surface area contributed by atoms with Crippen molar-refractivity contribution in [1.29, 1.82) is 0 Å². The molecule has 0 saturated carbocycles. The van der Waals surface area contributed by atoms with Gasteiger partial charge in [0.2, 0.25) is 11.7 Å². The Balaban J connectivity index is 1.62. The van der Waals surface area contributed by atoms with Crippen molar-refractivity contribution < 1.29 is 22.5 Å². The van der Waals surface area contributed by atoms with Crippen LogP contribution in [0.5, 0.6) is 0 Å². The Bertz CT molecular complexity index is 950. The van der Waals surface area contributed by atoms with Gasteiger partial charge in [0.25, 0.3) is 5.91 Å². The standard InChI is InChI=1S/C16H13ClF3N5O2/c1-8-12(13(24-23-8)16(18,19)20)15(26)21-7-6-11-22-14(25-27-11)9-2-4-10(17)5-3-9/h2-5H,6-7H2,1H3,(H,21,26)(H,23,24). The van der Waals surface area contributed by atoms with Gasteiger partial charge < -0.3 is 9.84 Å². The number of carbonyl (C=O) groups excluding carboxylic acids is 1. The van der Waals surface area contributed by atoms with Crippen LogP contribution in [0.15, 0.2) is 28.8 Å². The van der Waals surface area contributed by atoms with E-state index in [1.807, 2.05) is 0 Å². The quantitative estimate of drug-likeness (QED) is 0.685. The van der Waals surface area contributed by atoms with Crippen molar-refractivity contribution >= 4 is 17.5 Å². The van der Waals surface area contributed by atoms with Gasteiger partial charge in [0, 0.05) is 29.2 Å². The molecule has 11 heteroatoms. The van der Waals surface area contributed by atoms with Crippen LogP contribution in [0.4, 0.5) is 13.2 Å². The summed E-state index contributed by atoms with van der Waals surface area (Å²) in [4.78, 5) is 16.3. The fraction of sp³-hybridized carbons (Fsp3) is 0.250. The molecule has 0 saturated heterocycles. The van der Waals surface area contributed by atoms with E-state index >= 15 is 0 Å². The lowest BCUT2D eigenvalue weighted by atomic mass is 10.1. The summed E-state index contributed by atoms with van der Waals surface area (Å²) in [6.45, 7) is 1.36. The van der Waals surface area contributed by atoms with Crippen LogP contribution in [0.2, 0.25) is 5.02 Å². The molecule has 2 N–H and O–H groups in total. The Labute approximate surface area is 155 Å². The number of hydrogen-bond acceptors (Lipinski definition) is 5.